The fourth-order valence-electron chi connectivity index (χ4n) is 1.91. The van der Waals surface area contributed by atoms with Crippen LogP contribution in [0.15, 0.2) is 17.0 Å². The molecule has 0 fully saturated rings. The van der Waals surface area contributed by atoms with Crippen molar-refractivity contribution in [1.29, 1.82) is 0 Å². The van der Waals surface area contributed by atoms with Gasteiger partial charge in [-0.05, 0) is 20.3 Å². The minimum Gasteiger partial charge on any atom is -0.461 e. The van der Waals surface area contributed by atoms with E-state index in [9.17, 15) is 9.59 Å². The highest BCUT2D eigenvalue weighted by Gasteiger charge is 2.22. The normalized spacial score (nSPS) is 15.1. The van der Waals surface area contributed by atoms with Gasteiger partial charge in [-0.3, -0.25) is 4.79 Å². The number of nitrogens with zero attached hydrogens (tertiary/aromatic N) is 2. The maximum absolute atomic E-state index is 12.2. The van der Waals surface area contributed by atoms with Gasteiger partial charge in [0.1, 0.15) is 5.69 Å². The highest BCUT2D eigenvalue weighted by Crippen LogP contribution is 2.16. The van der Waals surface area contributed by atoms with Crippen molar-refractivity contribution in [1.82, 2.24) is 9.88 Å². The topological polar surface area (TPSA) is 59.5 Å². The number of carbonyl (C=O) groups excluding carboxylic acids is 2. The van der Waals surface area contributed by atoms with E-state index in [0.717, 1.165) is 17.8 Å². The van der Waals surface area contributed by atoms with Gasteiger partial charge in [0, 0.05) is 18.5 Å². The monoisotopic (exact) mass is 280 g/mol. The zero-order valence-electron chi connectivity index (χ0n) is 11.0. The molecule has 0 spiro atoms. The van der Waals surface area contributed by atoms with Gasteiger partial charge < -0.3 is 9.64 Å². The van der Waals surface area contributed by atoms with Crippen LogP contribution in [0, 0.1) is 0 Å². The van der Waals surface area contributed by atoms with Crippen LogP contribution in [0.2, 0.25) is 0 Å². The molecule has 0 bridgehead atoms. The van der Waals surface area contributed by atoms with Crippen LogP contribution in [0.25, 0.3) is 0 Å². The first kappa shape index (κ1) is 13.7. The molecule has 102 valence electrons. The average molecular weight is 280 g/mol. The summed E-state index contributed by atoms with van der Waals surface area (Å²) in [5, 5.41) is 1.84. The number of carbonyl (C=O) groups is 2. The second-order valence-corrected chi connectivity index (χ2v) is 5.18. The summed E-state index contributed by atoms with van der Waals surface area (Å²) >= 11 is 1.14. The Morgan fingerprint density at radius 3 is 3.00 bits per heavy atom. The van der Waals surface area contributed by atoms with E-state index in [0.29, 0.717) is 25.4 Å². The Hall–Kier alpha value is -1.69. The highest BCUT2D eigenvalue weighted by molar-refractivity contribution is 7.11. The summed E-state index contributed by atoms with van der Waals surface area (Å²) in [6.45, 7) is 5.37. The molecule has 0 aromatic carbocycles. The second-order valence-electron chi connectivity index (χ2n) is 4.32. The summed E-state index contributed by atoms with van der Waals surface area (Å²) in [5.74, 6) is -0.597. The van der Waals surface area contributed by atoms with Crippen molar-refractivity contribution in [2.24, 2.45) is 0 Å². The fourth-order valence-corrected chi connectivity index (χ4v) is 2.59. The number of amides is 1. The summed E-state index contributed by atoms with van der Waals surface area (Å²) in [6.07, 6.45) is 3.00. The SMILES string of the molecule is CCOC(=O)c1nc(C(=O)N2CCC=C(C)C2)cs1. The molecular weight excluding hydrogens is 264 g/mol. The molecule has 0 saturated heterocycles. The molecule has 0 aliphatic carbocycles. The van der Waals surface area contributed by atoms with Crippen molar-refractivity contribution >= 4 is 23.2 Å². The highest BCUT2D eigenvalue weighted by atomic mass is 32.1. The number of hydrogen-bond donors (Lipinski definition) is 0. The summed E-state index contributed by atoms with van der Waals surface area (Å²) in [5.41, 5.74) is 1.50. The molecule has 6 heteroatoms. The third kappa shape index (κ3) is 3.20. The van der Waals surface area contributed by atoms with Gasteiger partial charge in [-0.2, -0.15) is 0 Å². The van der Waals surface area contributed by atoms with Crippen molar-refractivity contribution in [3.63, 3.8) is 0 Å². The summed E-state index contributed by atoms with van der Waals surface area (Å²) in [7, 11) is 0. The van der Waals surface area contributed by atoms with E-state index in [1.165, 1.54) is 5.57 Å². The van der Waals surface area contributed by atoms with Crippen molar-refractivity contribution in [3.05, 3.63) is 27.7 Å². The smallest absolute Gasteiger partial charge is 0.367 e. The molecule has 1 aliphatic rings. The molecular formula is C13H16N2O3S. The minimum atomic E-state index is -0.471. The third-order valence-electron chi connectivity index (χ3n) is 2.79. The van der Waals surface area contributed by atoms with Gasteiger partial charge >= 0.3 is 5.97 Å². The predicted octanol–water partition coefficient (Wildman–Crippen LogP) is 2.11. The Balaban J connectivity index is 2.08. The van der Waals surface area contributed by atoms with Gasteiger partial charge in [0.15, 0.2) is 0 Å². The van der Waals surface area contributed by atoms with E-state index in [1.54, 1.807) is 17.2 Å². The third-order valence-corrected chi connectivity index (χ3v) is 3.61. The molecule has 2 rings (SSSR count). The lowest BCUT2D eigenvalue weighted by Gasteiger charge is -2.25. The predicted molar refractivity (Wildman–Crippen MR) is 72.3 cm³/mol. The van der Waals surface area contributed by atoms with E-state index in [1.807, 2.05) is 6.92 Å². The lowest BCUT2D eigenvalue weighted by molar-refractivity contribution is 0.0526. The lowest BCUT2D eigenvalue weighted by atomic mass is 10.1. The Kier molecular flexibility index (Phi) is 4.31. The molecule has 0 radical (unpaired) electrons. The van der Waals surface area contributed by atoms with Crippen molar-refractivity contribution in [2.45, 2.75) is 20.3 Å². The molecule has 1 aromatic heterocycles. The van der Waals surface area contributed by atoms with E-state index in [4.69, 9.17) is 4.74 Å². The van der Waals surface area contributed by atoms with Gasteiger partial charge in [-0.25, -0.2) is 9.78 Å². The molecule has 1 aromatic rings. The molecule has 0 saturated carbocycles. The van der Waals surface area contributed by atoms with Crippen LogP contribution in [-0.2, 0) is 4.74 Å². The van der Waals surface area contributed by atoms with Crippen LogP contribution >= 0.6 is 11.3 Å². The second kappa shape index (κ2) is 5.97. The van der Waals surface area contributed by atoms with E-state index < -0.39 is 5.97 Å². The quantitative estimate of drug-likeness (QED) is 0.628. The standard InChI is InChI=1S/C13H16N2O3S/c1-3-18-13(17)11-14-10(8-19-11)12(16)15-6-4-5-9(2)7-15/h5,8H,3-4,6-7H2,1-2H3. The van der Waals surface area contributed by atoms with Gasteiger partial charge in [-0.15, -0.1) is 11.3 Å². The Labute approximate surface area is 115 Å². The molecule has 1 amide bonds. The van der Waals surface area contributed by atoms with Crippen LogP contribution in [0.4, 0.5) is 0 Å². The van der Waals surface area contributed by atoms with E-state index in [-0.39, 0.29) is 10.9 Å². The minimum absolute atomic E-state index is 0.126. The summed E-state index contributed by atoms with van der Waals surface area (Å²) in [6, 6.07) is 0. The van der Waals surface area contributed by atoms with Crippen LogP contribution in [-0.4, -0.2) is 41.5 Å². The molecule has 0 atom stereocenters. The zero-order valence-corrected chi connectivity index (χ0v) is 11.8. The number of ether oxygens (including phenoxy) is 1. The summed E-state index contributed by atoms with van der Waals surface area (Å²) < 4.78 is 4.86. The molecule has 0 unspecified atom stereocenters. The van der Waals surface area contributed by atoms with Crippen molar-refractivity contribution in [2.75, 3.05) is 19.7 Å². The number of thiazole rings is 1. The van der Waals surface area contributed by atoms with E-state index >= 15 is 0 Å². The van der Waals surface area contributed by atoms with E-state index in [2.05, 4.69) is 11.1 Å². The fraction of sp³-hybridized carbons (Fsp3) is 0.462. The molecule has 2 heterocycles. The van der Waals surface area contributed by atoms with Crippen LogP contribution in [0.3, 0.4) is 0 Å². The van der Waals surface area contributed by atoms with Crippen LogP contribution in [0.5, 0.6) is 0 Å². The average Bonchev–Trinajstić information content (AvgIpc) is 2.88. The zero-order chi connectivity index (χ0) is 13.8. The first-order valence-electron chi connectivity index (χ1n) is 6.19. The lowest BCUT2D eigenvalue weighted by Crippen LogP contribution is -2.35. The number of aromatic nitrogens is 1. The van der Waals surface area contributed by atoms with Gasteiger partial charge in [0.2, 0.25) is 5.01 Å². The Morgan fingerprint density at radius 2 is 2.32 bits per heavy atom. The van der Waals surface area contributed by atoms with Crippen LogP contribution < -0.4 is 0 Å². The Morgan fingerprint density at radius 1 is 1.53 bits per heavy atom. The number of rotatable bonds is 3. The number of hydrogen-bond acceptors (Lipinski definition) is 5. The first-order chi connectivity index (χ1) is 9.11. The van der Waals surface area contributed by atoms with Crippen molar-refractivity contribution in [3.8, 4) is 0 Å². The first-order valence-corrected chi connectivity index (χ1v) is 7.07. The number of esters is 1. The van der Waals surface area contributed by atoms with Gasteiger partial charge in [0.25, 0.3) is 5.91 Å². The summed E-state index contributed by atoms with van der Waals surface area (Å²) in [4.78, 5) is 29.5. The maximum Gasteiger partial charge on any atom is 0.367 e. The van der Waals surface area contributed by atoms with Crippen LogP contribution in [0.1, 0.15) is 40.6 Å². The maximum atomic E-state index is 12.2. The molecule has 0 N–H and O–H groups in total. The molecule has 19 heavy (non-hydrogen) atoms. The molecule has 1 aliphatic heterocycles. The largest absolute Gasteiger partial charge is 0.461 e. The molecule has 5 nitrogen and oxygen atoms in total. The van der Waals surface area contributed by atoms with Crippen molar-refractivity contribution < 1.29 is 14.3 Å². The Bertz CT molecular complexity index is 522. The van der Waals surface area contributed by atoms with Gasteiger partial charge in [-0.1, -0.05) is 11.6 Å². The van der Waals surface area contributed by atoms with Gasteiger partial charge in [0.05, 0.1) is 6.61 Å².